The van der Waals surface area contributed by atoms with E-state index in [2.05, 4.69) is 10.6 Å². The minimum Gasteiger partial charge on any atom is -0.493 e. The van der Waals surface area contributed by atoms with Crippen molar-refractivity contribution in [2.24, 2.45) is 5.73 Å². The molecule has 128 valence electrons. The lowest BCUT2D eigenvalue weighted by molar-refractivity contribution is -0.123. The lowest BCUT2D eigenvalue weighted by atomic mass is 10.2. The fourth-order valence-corrected chi connectivity index (χ4v) is 1.84. The van der Waals surface area contributed by atoms with Crippen LogP contribution in [-0.2, 0) is 4.79 Å². The summed E-state index contributed by atoms with van der Waals surface area (Å²) in [6.07, 6.45) is 0.717. The van der Waals surface area contributed by atoms with Gasteiger partial charge in [-0.2, -0.15) is 0 Å². The smallest absolute Gasteiger partial charge is 0.258 e. The van der Waals surface area contributed by atoms with Crippen LogP contribution in [0.1, 0.15) is 30.6 Å². The Labute approximate surface area is 136 Å². The molecule has 0 fully saturated rings. The highest BCUT2D eigenvalue weighted by atomic mass is 16.5. The molecule has 0 radical (unpaired) electrons. The Hall–Kier alpha value is -2.28. The largest absolute Gasteiger partial charge is 0.493 e. The number of benzene rings is 1. The normalized spacial score (nSPS) is 10.3. The second kappa shape index (κ2) is 9.68. The summed E-state index contributed by atoms with van der Waals surface area (Å²) in [5, 5.41) is 5.49. The Morgan fingerprint density at radius 3 is 2.61 bits per heavy atom. The summed E-state index contributed by atoms with van der Waals surface area (Å²) in [7, 11) is 1.48. The monoisotopic (exact) mass is 323 g/mol. The number of nitrogens with one attached hydrogen (secondary N) is 2. The van der Waals surface area contributed by atoms with Crippen LogP contribution in [0.3, 0.4) is 0 Å². The van der Waals surface area contributed by atoms with Gasteiger partial charge in [0, 0.05) is 18.2 Å². The molecule has 0 aliphatic rings. The van der Waals surface area contributed by atoms with Gasteiger partial charge in [-0.25, -0.2) is 0 Å². The second-order valence-corrected chi connectivity index (χ2v) is 5.27. The molecule has 0 saturated heterocycles. The van der Waals surface area contributed by atoms with Gasteiger partial charge in [-0.1, -0.05) is 0 Å². The molecule has 0 heterocycles. The molecule has 4 N–H and O–H groups in total. The van der Waals surface area contributed by atoms with E-state index in [9.17, 15) is 9.59 Å². The van der Waals surface area contributed by atoms with Gasteiger partial charge in [0.05, 0.1) is 7.11 Å². The molecule has 0 saturated carbocycles. The third-order valence-corrected chi connectivity index (χ3v) is 2.90. The Balaban J connectivity index is 2.68. The summed E-state index contributed by atoms with van der Waals surface area (Å²) in [6.45, 7) is 4.67. The van der Waals surface area contributed by atoms with Crippen LogP contribution in [0.15, 0.2) is 18.2 Å². The molecule has 0 unspecified atom stereocenters. The summed E-state index contributed by atoms with van der Waals surface area (Å²) in [4.78, 5) is 23.6. The van der Waals surface area contributed by atoms with Crippen molar-refractivity contribution in [2.45, 2.75) is 26.3 Å². The van der Waals surface area contributed by atoms with E-state index in [0.29, 0.717) is 30.2 Å². The molecule has 23 heavy (non-hydrogen) atoms. The lowest BCUT2D eigenvalue weighted by Crippen LogP contribution is -2.34. The van der Waals surface area contributed by atoms with E-state index >= 15 is 0 Å². The first kappa shape index (κ1) is 18.8. The van der Waals surface area contributed by atoms with E-state index in [1.165, 1.54) is 7.11 Å². The molecular weight excluding hydrogens is 298 g/mol. The number of nitrogens with two attached hydrogens (primary N) is 1. The highest BCUT2D eigenvalue weighted by molar-refractivity contribution is 5.94. The van der Waals surface area contributed by atoms with Crippen LogP contribution < -0.4 is 25.8 Å². The van der Waals surface area contributed by atoms with Gasteiger partial charge in [0.2, 0.25) is 0 Å². The minimum atomic E-state index is -0.217. The Morgan fingerprint density at radius 1 is 1.26 bits per heavy atom. The maximum absolute atomic E-state index is 12.0. The van der Waals surface area contributed by atoms with Crippen molar-refractivity contribution < 1.29 is 19.1 Å². The van der Waals surface area contributed by atoms with Gasteiger partial charge < -0.3 is 25.8 Å². The van der Waals surface area contributed by atoms with Crippen LogP contribution in [0.25, 0.3) is 0 Å². The standard InChI is InChI=1S/C16H25N3O4/c1-11(2)19-15(20)10-23-13-6-5-12(9-14(13)22-3)16(21)18-8-4-7-17/h5-6,9,11H,4,7-8,10,17H2,1-3H3,(H,18,21)(H,19,20). The van der Waals surface area contributed by atoms with Crippen molar-refractivity contribution in [3.63, 3.8) is 0 Å². The van der Waals surface area contributed by atoms with E-state index in [-0.39, 0.29) is 24.5 Å². The van der Waals surface area contributed by atoms with Gasteiger partial charge in [-0.15, -0.1) is 0 Å². The van der Waals surface area contributed by atoms with Crippen LogP contribution >= 0.6 is 0 Å². The predicted molar refractivity (Wildman–Crippen MR) is 87.8 cm³/mol. The summed E-state index contributed by atoms with van der Waals surface area (Å²) >= 11 is 0. The number of ether oxygens (including phenoxy) is 2. The van der Waals surface area contributed by atoms with Crippen LogP contribution in [0.2, 0.25) is 0 Å². The maximum Gasteiger partial charge on any atom is 0.258 e. The van der Waals surface area contributed by atoms with E-state index in [4.69, 9.17) is 15.2 Å². The summed E-state index contributed by atoms with van der Waals surface area (Å²) in [5.74, 6) is 0.380. The fourth-order valence-electron chi connectivity index (χ4n) is 1.84. The Bertz CT molecular complexity index is 532. The van der Waals surface area contributed by atoms with Gasteiger partial charge in [-0.3, -0.25) is 9.59 Å². The van der Waals surface area contributed by atoms with Gasteiger partial charge in [0.25, 0.3) is 11.8 Å². The van der Waals surface area contributed by atoms with Crippen molar-refractivity contribution in [1.82, 2.24) is 10.6 Å². The molecule has 0 aliphatic carbocycles. The van der Waals surface area contributed by atoms with Gasteiger partial charge in [0.1, 0.15) is 0 Å². The quantitative estimate of drug-likeness (QED) is 0.580. The van der Waals surface area contributed by atoms with Gasteiger partial charge in [0.15, 0.2) is 18.1 Å². The molecule has 0 atom stereocenters. The number of rotatable bonds is 9. The molecule has 7 heteroatoms. The van der Waals surface area contributed by atoms with E-state index in [1.54, 1.807) is 18.2 Å². The van der Waals surface area contributed by atoms with Crippen molar-refractivity contribution in [3.05, 3.63) is 23.8 Å². The van der Waals surface area contributed by atoms with Crippen LogP contribution in [-0.4, -0.2) is 44.7 Å². The number of carbonyl (C=O) groups excluding carboxylic acids is 2. The summed E-state index contributed by atoms with van der Waals surface area (Å²) in [6, 6.07) is 4.86. The lowest BCUT2D eigenvalue weighted by Gasteiger charge is -2.13. The molecule has 1 aromatic carbocycles. The number of amides is 2. The third-order valence-electron chi connectivity index (χ3n) is 2.90. The highest BCUT2D eigenvalue weighted by Gasteiger charge is 2.12. The van der Waals surface area contributed by atoms with Crippen molar-refractivity contribution in [3.8, 4) is 11.5 Å². The molecule has 0 aliphatic heterocycles. The van der Waals surface area contributed by atoms with Crippen LogP contribution in [0.5, 0.6) is 11.5 Å². The van der Waals surface area contributed by atoms with Crippen molar-refractivity contribution in [1.29, 1.82) is 0 Å². The van der Waals surface area contributed by atoms with Crippen molar-refractivity contribution >= 4 is 11.8 Å². The van der Waals surface area contributed by atoms with Gasteiger partial charge in [-0.05, 0) is 45.0 Å². The number of hydrogen-bond donors (Lipinski definition) is 3. The molecule has 1 aromatic rings. The van der Waals surface area contributed by atoms with Crippen LogP contribution in [0.4, 0.5) is 0 Å². The average molecular weight is 323 g/mol. The zero-order valence-corrected chi connectivity index (χ0v) is 13.8. The van der Waals surface area contributed by atoms with E-state index < -0.39 is 0 Å². The van der Waals surface area contributed by atoms with Crippen molar-refractivity contribution in [2.75, 3.05) is 26.8 Å². The second-order valence-electron chi connectivity index (χ2n) is 5.27. The highest BCUT2D eigenvalue weighted by Crippen LogP contribution is 2.28. The zero-order chi connectivity index (χ0) is 17.2. The van der Waals surface area contributed by atoms with Crippen LogP contribution in [0, 0.1) is 0 Å². The number of carbonyl (C=O) groups is 2. The van der Waals surface area contributed by atoms with Gasteiger partial charge >= 0.3 is 0 Å². The number of hydrogen-bond acceptors (Lipinski definition) is 5. The molecule has 2 amide bonds. The molecule has 0 spiro atoms. The first-order chi connectivity index (χ1) is 11.0. The number of methoxy groups -OCH3 is 1. The molecular formula is C16H25N3O4. The first-order valence-electron chi connectivity index (χ1n) is 7.56. The predicted octanol–water partition coefficient (Wildman–Crippen LogP) is 0.677. The topological polar surface area (TPSA) is 103 Å². The SMILES string of the molecule is COc1cc(C(=O)NCCCN)ccc1OCC(=O)NC(C)C. The first-order valence-corrected chi connectivity index (χ1v) is 7.56. The minimum absolute atomic E-state index is 0.0487. The van der Waals surface area contributed by atoms with E-state index in [0.717, 1.165) is 6.42 Å². The summed E-state index contributed by atoms with van der Waals surface area (Å²) < 4.78 is 10.7. The van der Waals surface area contributed by atoms with E-state index in [1.807, 2.05) is 13.8 Å². The molecule has 1 rings (SSSR count). The zero-order valence-electron chi connectivity index (χ0n) is 13.8. The Morgan fingerprint density at radius 2 is 2.00 bits per heavy atom. The summed E-state index contributed by atoms with van der Waals surface area (Å²) in [5.41, 5.74) is 5.84. The molecule has 0 aromatic heterocycles. The third kappa shape index (κ3) is 6.56. The molecule has 7 nitrogen and oxygen atoms in total. The fraction of sp³-hybridized carbons (Fsp3) is 0.500. The average Bonchev–Trinajstić information content (AvgIpc) is 2.52. The Kier molecular flexibility index (Phi) is 7.90. The maximum atomic E-state index is 12.0. The molecule has 0 bridgehead atoms.